The summed E-state index contributed by atoms with van der Waals surface area (Å²) in [6.45, 7) is 4.97. The molecule has 0 saturated heterocycles. The van der Waals surface area contributed by atoms with Crippen molar-refractivity contribution in [3.05, 3.63) is 28.8 Å². The molecule has 1 aromatic rings. The first-order valence-electron chi connectivity index (χ1n) is 6.96. The Labute approximate surface area is 130 Å². The predicted molar refractivity (Wildman–Crippen MR) is 84.0 cm³/mol. The van der Waals surface area contributed by atoms with Crippen LogP contribution < -0.4 is 15.8 Å². The highest BCUT2D eigenvalue weighted by Crippen LogP contribution is 2.30. The van der Waals surface area contributed by atoms with E-state index in [1.807, 2.05) is 26.0 Å². The van der Waals surface area contributed by atoms with E-state index in [0.717, 1.165) is 12.0 Å². The number of amides is 2. The van der Waals surface area contributed by atoms with Crippen LogP contribution in [0.15, 0.2) is 18.2 Å². The van der Waals surface area contributed by atoms with Gasteiger partial charge in [0.05, 0.1) is 11.6 Å². The van der Waals surface area contributed by atoms with Crippen LogP contribution in [0, 0.1) is 0 Å². The van der Waals surface area contributed by atoms with E-state index in [-0.39, 0.29) is 12.0 Å². The molecule has 2 amide bonds. The fourth-order valence-corrected chi connectivity index (χ4v) is 2.32. The molecule has 0 saturated carbocycles. The number of halogens is 1. The number of ether oxygens (including phenoxy) is 2. The minimum absolute atomic E-state index is 0.0319. The fraction of sp³-hybridized carbons (Fsp3) is 0.533. The van der Waals surface area contributed by atoms with Gasteiger partial charge in [-0.1, -0.05) is 31.5 Å². The number of nitrogens with two attached hydrogens (primary N) is 1. The lowest BCUT2D eigenvalue weighted by Crippen LogP contribution is -2.41. The third-order valence-electron chi connectivity index (χ3n) is 3.40. The number of nitrogens with one attached hydrogen (secondary N) is 1. The van der Waals surface area contributed by atoms with Crippen LogP contribution in [0.5, 0.6) is 5.75 Å². The topological polar surface area (TPSA) is 73.6 Å². The van der Waals surface area contributed by atoms with Crippen molar-refractivity contribution in [2.24, 2.45) is 5.73 Å². The molecule has 0 fully saturated rings. The van der Waals surface area contributed by atoms with Crippen LogP contribution in [0.2, 0.25) is 5.02 Å². The molecule has 0 bridgehead atoms. The zero-order valence-corrected chi connectivity index (χ0v) is 13.4. The Kier molecular flexibility index (Phi) is 7.32. The number of carbonyl (C=O) groups excluding carboxylic acids is 1. The van der Waals surface area contributed by atoms with E-state index in [2.05, 4.69) is 5.32 Å². The van der Waals surface area contributed by atoms with Crippen LogP contribution in [0.4, 0.5) is 4.79 Å². The molecule has 3 N–H and O–H groups in total. The molecule has 5 nitrogen and oxygen atoms in total. The zero-order chi connectivity index (χ0) is 15.8. The van der Waals surface area contributed by atoms with Crippen molar-refractivity contribution in [2.75, 3.05) is 20.3 Å². The number of hydrogen-bond donors (Lipinski definition) is 2. The van der Waals surface area contributed by atoms with E-state index in [4.69, 9.17) is 26.8 Å². The highest BCUT2D eigenvalue weighted by molar-refractivity contribution is 6.32. The highest BCUT2D eigenvalue weighted by atomic mass is 35.5. The van der Waals surface area contributed by atoms with Gasteiger partial charge in [0.2, 0.25) is 0 Å². The first-order valence-corrected chi connectivity index (χ1v) is 7.34. The Morgan fingerprint density at radius 2 is 2.14 bits per heavy atom. The van der Waals surface area contributed by atoms with Crippen molar-refractivity contribution in [3.8, 4) is 5.75 Å². The minimum atomic E-state index is -0.515. The van der Waals surface area contributed by atoms with Gasteiger partial charge in [-0.2, -0.15) is 0 Å². The van der Waals surface area contributed by atoms with Gasteiger partial charge in [0.15, 0.2) is 0 Å². The van der Waals surface area contributed by atoms with Gasteiger partial charge in [0.1, 0.15) is 12.4 Å². The van der Waals surface area contributed by atoms with Crippen LogP contribution in [-0.4, -0.2) is 32.4 Å². The lowest BCUT2D eigenvalue weighted by Gasteiger charge is -2.24. The molecule has 118 valence electrons. The molecular weight excluding hydrogens is 292 g/mol. The van der Waals surface area contributed by atoms with Gasteiger partial charge in [-0.3, -0.25) is 0 Å². The third-order valence-corrected chi connectivity index (χ3v) is 3.71. The highest BCUT2D eigenvalue weighted by Gasteiger charge is 2.19. The maximum absolute atomic E-state index is 11.1. The number of rotatable bonds is 8. The monoisotopic (exact) mass is 314 g/mol. The number of primary amides is 1. The molecule has 0 aliphatic carbocycles. The zero-order valence-electron chi connectivity index (χ0n) is 12.7. The van der Waals surface area contributed by atoms with Crippen LogP contribution in [0.3, 0.4) is 0 Å². The Hall–Kier alpha value is -1.46. The summed E-state index contributed by atoms with van der Waals surface area (Å²) in [4.78, 5) is 11.1. The Bertz CT molecular complexity index is 468. The summed E-state index contributed by atoms with van der Waals surface area (Å²) in [6, 6.07) is 5.08. The van der Waals surface area contributed by atoms with Crippen molar-refractivity contribution in [1.29, 1.82) is 0 Å². The van der Waals surface area contributed by atoms with E-state index in [0.29, 0.717) is 24.0 Å². The van der Waals surface area contributed by atoms with Crippen molar-refractivity contribution in [1.82, 2.24) is 5.32 Å². The van der Waals surface area contributed by atoms with Gasteiger partial charge in [-0.25, -0.2) is 4.79 Å². The summed E-state index contributed by atoms with van der Waals surface area (Å²) >= 11 is 6.12. The van der Waals surface area contributed by atoms with E-state index in [9.17, 15) is 4.79 Å². The van der Waals surface area contributed by atoms with Gasteiger partial charge >= 0.3 is 6.03 Å². The van der Waals surface area contributed by atoms with Crippen LogP contribution in [0.25, 0.3) is 0 Å². The molecular formula is C15H23ClN2O3. The number of urea groups is 1. The molecule has 1 rings (SSSR count). The molecule has 2 atom stereocenters. The average Bonchev–Trinajstić information content (AvgIpc) is 2.46. The molecule has 0 heterocycles. The number of carbonyl (C=O) groups is 1. The maximum atomic E-state index is 11.1. The second-order valence-corrected chi connectivity index (χ2v) is 5.25. The summed E-state index contributed by atoms with van der Waals surface area (Å²) in [5, 5.41) is 3.31. The molecule has 0 aromatic heterocycles. The van der Waals surface area contributed by atoms with Gasteiger partial charge in [0, 0.05) is 19.1 Å². The molecule has 0 spiro atoms. The SMILES string of the molecule is CCC(NC(N)=O)C(C)c1ccc(Cl)c(OCCOC)c1. The van der Waals surface area contributed by atoms with Crippen LogP contribution >= 0.6 is 11.6 Å². The predicted octanol–water partition coefficient (Wildman–Crippen LogP) is 2.92. The minimum Gasteiger partial charge on any atom is -0.490 e. The van der Waals surface area contributed by atoms with E-state index >= 15 is 0 Å². The summed E-state index contributed by atoms with van der Waals surface area (Å²) < 4.78 is 10.5. The third kappa shape index (κ3) is 5.44. The molecule has 0 aliphatic heterocycles. The Morgan fingerprint density at radius 3 is 2.71 bits per heavy atom. The summed E-state index contributed by atoms with van der Waals surface area (Å²) in [5.41, 5.74) is 6.24. The largest absolute Gasteiger partial charge is 0.490 e. The van der Waals surface area contributed by atoms with Crippen molar-refractivity contribution in [2.45, 2.75) is 32.2 Å². The van der Waals surface area contributed by atoms with Crippen molar-refractivity contribution in [3.63, 3.8) is 0 Å². The molecule has 1 aromatic carbocycles. The maximum Gasteiger partial charge on any atom is 0.312 e. The first-order chi connectivity index (χ1) is 9.99. The Morgan fingerprint density at radius 1 is 1.43 bits per heavy atom. The molecule has 2 unspecified atom stereocenters. The lowest BCUT2D eigenvalue weighted by atomic mass is 9.91. The summed E-state index contributed by atoms with van der Waals surface area (Å²) in [5.74, 6) is 0.719. The number of hydrogen-bond acceptors (Lipinski definition) is 3. The smallest absolute Gasteiger partial charge is 0.312 e. The van der Waals surface area contributed by atoms with E-state index < -0.39 is 6.03 Å². The molecule has 21 heavy (non-hydrogen) atoms. The normalized spacial score (nSPS) is 13.5. The fourth-order valence-electron chi connectivity index (χ4n) is 2.14. The van der Waals surface area contributed by atoms with Crippen LogP contribution in [0.1, 0.15) is 31.7 Å². The second kappa shape index (κ2) is 8.74. The average molecular weight is 315 g/mol. The summed E-state index contributed by atoms with van der Waals surface area (Å²) in [6.07, 6.45) is 0.784. The second-order valence-electron chi connectivity index (χ2n) is 4.84. The van der Waals surface area contributed by atoms with E-state index in [1.165, 1.54) is 0 Å². The van der Waals surface area contributed by atoms with Gasteiger partial charge in [-0.05, 0) is 24.1 Å². The van der Waals surface area contributed by atoms with E-state index in [1.54, 1.807) is 13.2 Å². The van der Waals surface area contributed by atoms with Crippen LogP contribution in [-0.2, 0) is 4.74 Å². The van der Waals surface area contributed by atoms with Gasteiger partial charge < -0.3 is 20.5 Å². The first kappa shape index (κ1) is 17.6. The summed E-state index contributed by atoms with van der Waals surface area (Å²) in [7, 11) is 1.62. The number of benzene rings is 1. The molecule has 0 aliphatic rings. The molecule has 6 heteroatoms. The van der Waals surface area contributed by atoms with Gasteiger partial charge in [0.25, 0.3) is 0 Å². The van der Waals surface area contributed by atoms with Crippen molar-refractivity contribution >= 4 is 17.6 Å². The number of methoxy groups -OCH3 is 1. The standard InChI is InChI=1S/C15H23ClN2O3/c1-4-13(18-15(17)19)10(2)11-5-6-12(16)14(9-11)21-8-7-20-3/h5-6,9-10,13H,4,7-8H2,1-3H3,(H3,17,18,19). The Balaban J connectivity index is 2.85. The molecule has 0 radical (unpaired) electrons. The van der Waals surface area contributed by atoms with Gasteiger partial charge in [-0.15, -0.1) is 0 Å². The lowest BCUT2D eigenvalue weighted by molar-refractivity contribution is 0.146. The quantitative estimate of drug-likeness (QED) is 0.725. The van der Waals surface area contributed by atoms with Crippen molar-refractivity contribution < 1.29 is 14.3 Å².